The molecule has 1 aromatic carbocycles. The first-order chi connectivity index (χ1) is 9.31. The number of halogens is 1. The summed E-state index contributed by atoms with van der Waals surface area (Å²) in [7, 11) is 1.84. The van der Waals surface area contributed by atoms with Crippen LogP contribution in [0.15, 0.2) is 16.6 Å². The Bertz CT molecular complexity index is 624. The van der Waals surface area contributed by atoms with Crippen molar-refractivity contribution in [2.24, 2.45) is 7.05 Å². The molecule has 0 aliphatic carbocycles. The summed E-state index contributed by atoms with van der Waals surface area (Å²) in [6, 6.07) is 3.97. The molecule has 4 nitrogen and oxygen atoms in total. The normalized spacial score (nSPS) is 11.2. The molecule has 1 heterocycles. The molecule has 0 unspecified atom stereocenters. The van der Waals surface area contributed by atoms with Crippen molar-refractivity contribution in [1.82, 2.24) is 9.78 Å². The second-order valence-corrected chi connectivity index (χ2v) is 6.15. The van der Waals surface area contributed by atoms with E-state index >= 15 is 0 Å². The van der Waals surface area contributed by atoms with Gasteiger partial charge in [-0.05, 0) is 43.0 Å². The van der Waals surface area contributed by atoms with Crippen molar-refractivity contribution in [3.63, 3.8) is 0 Å². The molecule has 0 spiro atoms. The third kappa shape index (κ3) is 2.68. The number of nitrogen functional groups attached to an aromatic ring is 1. The summed E-state index contributed by atoms with van der Waals surface area (Å²) in [5, 5.41) is 4.43. The molecule has 0 bridgehead atoms. The van der Waals surface area contributed by atoms with Crippen LogP contribution in [0.2, 0.25) is 0 Å². The number of aromatic nitrogens is 2. The molecule has 20 heavy (non-hydrogen) atoms. The van der Waals surface area contributed by atoms with Crippen LogP contribution >= 0.6 is 15.9 Å². The maximum absolute atomic E-state index is 6.14. The van der Waals surface area contributed by atoms with Crippen molar-refractivity contribution in [2.75, 3.05) is 5.73 Å². The Morgan fingerprint density at radius 2 is 1.80 bits per heavy atom. The average Bonchev–Trinajstić information content (AvgIpc) is 2.64. The van der Waals surface area contributed by atoms with Crippen molar-refractivity contribution in [1.29, 1.82) is 0 Å². The summed E-state index contributed by atoms with van der Waals surface area (Å²) < 4.78 is 8.74. The maximum atomic E-state index is 6.14. The van der Waals surface area contributed by atoms with Crippen LogP contribution in [0.4, 0.5) is 5.69 Å². The fourth-order valence-corrected chi connectivity index (χ4v) is 2.40. The topological polar surface area (TPSA) is 53.1 Å². The molecular weight excluding hydrogens is 318 g/mol. The summed E-state index contributed by atoms with van der Waals surface area (Å²) in [6.45, 7) is 8.21. The van der Waals surface area contributed by atoms with E-state index < -0.39 is 0 Å². The Kier molecular flexibility index (Phi) is 4.09. The van der Waals surface area contributed by atoms with E-state index in [-0.39, 0.29) is 5.92 Å². The Hall–Kier alpha value is -1.49. The lowest BCUT2D eigenvalue weighted by Crippen LogP contribution is -1.98. The minimum Gasteiger partial charge on any atom is -0.437 e. The van der Waals surface area contributed by atoms with E-state index in [0.717, 1.165) is 27.0 Å². The van der Waals surface area contributed by atoms with Gasteiger partial charge in [0.05, 0.1) is 5.69 Å². The van der Waals surface area contributed by atoms with Gasteiger partial charge >= 0.3 is 0 Å². The van der Waals surface area contributed by atoms with Gasteiger partial charge in [-0.1, -0.05) is 29.8 Å². The molecular formula is C15H20BrN3O. The lowest BCUT2D eigenvalue weighted by molar-refractivity contribution is 0.431. The van der Waals surface area contributed by atoms with Gasteiger partial charge in [0.2, 0.25) is 5.88 Å². The average molecular weight is 338 g/mol. The zero-order valence-electron chi connectivity index (χ0n) is 12.5. The van der Waals surface area contributed by atoms with Crippen molar-refractivity contribution in [3.8, 4) is 11.6 Å². The Balaban J connectivity index is 2.40. The summed E-state index contributed by atoms with van der Waals surface area (Å²) in [5.74, 6) is 1.63. The first-order valence-electron chi connectivity index (χ1n) is 6.58. The fraction of sp³-hybridized carbons (Fsp3) is 0.400. The molecule has 0 saturated carbocycles. The highest BCUT2D eigenvalue weighted by atomic mass is 79.9. The molecule has 0 fully saturated rings. The highest BCUT2D eigenvalue weighted by Crippen LogP contribution is 2.35. The van der Waals surface area contributed by atoms with E-state index in [4.69, 9.17) is 10.5 Å². The molecule has 0 atom stereocenters. The highest BCUT2D eigenvalue weighted by Gasteiger charge is 2.18. The predicted octanol–water partition coefficient (Wildman–Crippen LogP) is 4.30. The van der Waals surface area contributed by atoms with E-state index in [2.05, 4.69) is 34.9 Å². The van der Waals surface area contributed by atoms with Gasteiger partial charge in [-0.2, -0.15) is 5.10 Å². The number of aryl methyl sites for hydroxylation is 3. The van der Waals surface area contributed by atoms with Crippen LogP contribution in [0.3, 0.4) is 0 Å². The zero-order chi connectivity index (χ0) is 15.0. The smallest absolute Gasteiger partial charge is 0.241 e. The van der Waals surface area contributed by atoms with Crippen molar-refractivity contribution >= 4 is 21.6 Å². The van der Waals surface area contributed by atoms with Gasteiger partial charge < -0.3 is 10.5 Å². The molecule has 108 valence electrons. The number of rotatable bonds is 3. The number of nitrogens with zero attached hydrogens (tertiary/aromatic N) is 2. The van der Waals surface area contributed by atoms with Crippen molar-refractivity contribution in [3.05, 3.63) is 33.4 Å². The highest BCUT2D eigenvalue weighted by molar-refractivity contribution is 9.10. The van der Waals surface area contributed by atoms with E-state index in [1.165, 1.54) is 0 Å². The second-order valence-electron chi connectivity index (χ2n) is 5.36. The van der Waals surface area contributed by atoms with Crippen LogP contribution in [-0.4, -0.2) is 9.78 Å². The van der Waals surface area contributed by atoms with Crippen LogP contribution in [0.1, 0.15) is 36.6 Å². The van der Waals surface area contributed by atoms with Gasteiger partial charge in [-0.15, -0.1) is 0 Å². The summed E-state index contributed by atoms with van der Waals surface area (Å²) in [5.41, 5.74) is 9.88. The molecule has 2 N–H and O–H groups in total. The summed E-state index contributed by atoms with van der Waals surface area (Å²) >= 11 is 3.55. The molecule has 1 aromatic heterocycles. The zero-order valence-corrected chi connectivity index (χ0v) is 14.1. The number of hydrogen-bond acceptors (Lipinski definition) is 3. The van der Waals surface area contributed by atoms with Crippen LogP contribution < -0.4 is 10.5 Å². The SMILES string of the molecule is Cc1cc(Oc2c(N)c(C(C)C)nn2C)cc(C)c1Br. The lowest BCUT2D eigenvalue weighted by Gasteiger charge is -2.10. The number of hydrogen-bond donors (Lipinski definition) is 1. The van der Waals surface area contributed by atoms with E-state index in [1.54, 1.807) is 4.68 Å². The van der Waals surface area contributed by atoms with Gasteiger partial charge in [-0.25, -0.2) is 4.68 Å². The number of benzene rings is 1. The minimum atomic E-state index is 0.270. The molecule has 5 heteroatoms. The van der Waals surface area contributed by atoms with Crippen LogP contribution in [0.5, 0.6) is 11.6 Å². The molecule has 0 saturated heterocycles. The number of nitrogens with two attached hydrogens (primary N) is 1. The standard InChI is InChI=1S/C15H20BrN3O/c1-8(2)14-13(17)15(19(5)18-14)20-11-6-9(3)12(16)10(4)7-11/h6-8H,17H2,1-5H3. The van der Waals surface area contributed by atoms with Gasteiger partial charge in [0.25, 0.3) is 0 Å². The Morgan fingerprint density at radius 3 is 2.25 bits per heavy atom. The van der Waals surface area contributed by atoms with Crippen LogP contribution in [0.25, 0.3) is 0 Å². The largest absolute Gasteiger partial charge is 0.437 e. The second kappa shape index (κ2) is 5.48. The van der Waals surface area contributed by atoms with Gasteiger partial charge in [0.1, 0.15) is 11.4 Å². The third-order valence-electron chi connectivity index (χ3n) is 3.23. The Labute approximate surface area is 128 Å². The molecule has 2 rings (SSSR count). The molecule has 0 radical (unpaired) electrons. The van der Waals surface area contributed by atoms with E-state index in [1.807, 2.05) is 33.0 Å². The van der Waals surface area contributed by atoms with Crippen LogP contribution in [-0.2, 0) is 7.05 Å². The molecule has 0 amide bonds. The quantitative estimate of drug-likeness (QED) is 0.908. The lowest BCUT2D eigenvalue weighted by atomic mass is 10.1. The maximum Gasteiger partial charge on any atom is 0.241 e. The first kappa shape index (κ1) is 14.9. The van der Waals surface area contributed by atoms with Crippen molar-refractivity contribution < 1.29 is 4.74 Å². The predicted molar refractivity (Wildman–Crippen MR) is 85.4 cm³/mol. The van der Waals surface area contributed by atoms with Crippen LogP contribution in [0, 0.1) is 13.8 Å². The monoisotopic (exact) mass is 337 g/mol. The van der Waals surface area contributed by atoms with E-state index in [9.17, 15) is 0 Å². The molecule has 0 aliphatic heterocycles. The van der Waals surface area contributed by atoms with E-state index in [0.29, 0.717) is 11.6 Å². The number of ether oxygens (including phenoxy) is 1. The third-order valence-corrected chi connectivity index (χ3v) is 4.48. The van der Waals surface area contributed by atoms with Gasteiger partial charge in [0.15, 0.2) is 0 Å². The molecule has 0 aliphatic rings. The molecule has 2 aromatic rings. The minimum absolute atomic E-state index is 0.270. The summed E-state index contributed by atoms with van der Waals surface area (Å²) in [6.07, 6.45) is 0. The fourth-order valence-electron chi connectivity index (χ4n) is 2.17. The Morgan fingerprint density at radius 1 is 1.25 bits per heavy atom. The van der Waals surface area contributed by atoms with Crippen molar-refractivity contribution in [2.45, 2.75) is 33.6 Å². The van der Waals surface area contributed by atoms with Gasteiger partial charge in [0, 0.05) is 11.5 Å². The number of anilines is 1. The summed E-state index contributed by atoms with van der Waals surface area (Å²) in [4.78, 5) is 0. The van der Waals surface area contributed by atoms with Gasteiger partial charge in [-0.3, -0.25) is 0 Å². The first-order valence-corrected chi connectivity index (χ1v) is 7.37.